The molecular weight excluding hydrogens is 487 g/mol. The average Bonchev–Trinajstić information content (AvgIpc) is 2.89. The monoisotopic (exact) mass is 527 g/mol. The number of hydrogen-bond donors (Lipinski definition) is 0. The quantitative estimate of drug-likeness (QED) is 0.140. The molecule has 0 amide bonds. The molecule has 0 N–H and O–H groups in total. The third kappa shape index (κ3) is 9.19. The van der Waals surface area contributed by atoms with Crippen molar-refractivity contribution < 1.29 is 22.7 Å². The zero-order chi connectivity index (χ0) is 27.3. The first-order valence-electron chi connectivity index (χ1n) is 14.3. The van der Waals surface area contributed by atoms with Crippen molar-refractivity contribution in [3.8, 4) is 11.8 Å². The topological polar surface area (TPSA) is 50.1 Å². The Labute approximate surface area is 225 Å². The maximum absolute atomic E-state index is 14.7. The van der Waals surface area contributed by atoms with Crippen LogP contribution < -0.4 is 4.74 Å². The summed E-state index contributed by atoms with van der Waals surface area (Å²) in [4.78, 5) is 12.4. The molecular formula is C32H40F3NO2. The van der Waals surface area contributed by atoms with Crippen LogP contribution in [0.1, 0.15) is 118 Å². The third-order valence-corrected chi connectivity index (χ3v) is 7.86. The van der Waals surface area contributed by atoms with E-state index in [1.54, 1.807) is 6.07 Å². The lowest BCUT2D eigenvalue weighted by atomic mass is 9.77. The minimum Gasteiger partial charge on any atom is -0.423 e. The Balaban J connectivity index is 1.37. The standard InChI is InChI=1S/C32H40F3NO2/c1-2-3-4-5-6-7-8-9-10-23-11-13-24(14-12-23)15-16-25-17-18-27(29(33)19-25)32(37)38-26-20-30(34)28(22-36)31(35)21-26/h17-21,23-24H,2-16H2,1H3/t23-,24-. The van der Waals surface area contributed by atoms with Gasteiger partial charge in [0.25, 0.3) is 0 Å². The highest BCUT2D eigenvalue weighted by Crippen LogP contribution is 2.34. The van der Waals surface area contributed by atoms with Crippen molar-refractivity contribution in [2.24, 2.45) is 11.8 Å². The molecule has 0 saturated heterocycles. The van der Waals surface area contributed by atoms with Crippen LogP contribution in [-0.4, -0.2) is 5.97 Å². The van der Waals surface area contributed by atoms with Crippen LogP contribution in [0.25, 0.3) is 0 Å². The minimum absolute atomic E-state index is 0.305. The highest BCUT2D eigenvalue weighted by Gasteiger charge is 2.22. The molecule has 1 fully saturated rings. The lowest BCUT2D eigenvalue weighted by Gasteiger charge is -2.28. The van der Waals surface area contributed by atoms with Crippen molar-refractivity contribution >= 4 is 5.97 Å². The Morgan fingerprint density at radius 2 is 1.42 bits per heavy atom. The molecule has 2 aromatic carbocycles. The zero-order valence-corrected chi connectivity index (χ0v) is 22.5. The summed E-state index contributed by atoms with van der Waals surface area (Å²) in [6, 6.07) is 7.25. The Hall–Kier alpha value is -2.81. The molecule has 0 atom stereocenters. The van der Waals surface area contributed by atoms with E-state index in [1.165, 1.54) is 102 Å². The second kappa shape index (κ2) is 15.6. The molecule has 1 saturated carbocycles. The van der Waals surface area contributed by atoms with Crippen molar-refractivity contribution in [3.63, 3.8) is 0 Å². The lowest BCUT2D eigenvalue weighted by Crippen LogP contribution is -2.15. The number of ether oxygens (including phenoxy) is 1. The number of hydrogen-bond acceptors (Lipinski definition) is 3. The lowest BCUT2D eigenvalue weighted by molar-refractivity contribution is 0.0729. The molecule has 3 nitrogen and oxygen atoms in total. The molecule has 6 heteroatoms. The van der Waals surface area contributed by atoms with Crippen LogP contribution in [0, 0.1) is 40.6 Å². The Kier molecular flexibility index (Phi) is 12.2. The number of esters is 1. The van der Waals surface area contributed by atoms with Crippen LogP contribution >= 0.6 is 0 Å². The van der Waals surface area contributed by atoms with Crippen molar-refractivity contribution in [2.75, 3.05) is 0 Å². The van der Waals surface area contributed by atoms with Crippen LogP contribution in [-0.2, 0) is 6.42 Å². The summed E-state index contributed by atoms with van der Waals surface area (Å²) < 4.78 is 47.1. The number of halogens is 3. The van der Waals surface area contributed by atoms with Crippen LogP contribution in [0.2, 0.25) is 0 Å². The van der Waals surface area contributed by atoms with Gasteiger partial charge in [0.15, 0.2) is 0 Å². The fraction of sp³-hybridized carbons (Fsp3) is 0.562. The molecule has 206 valence electrons. The molecule has 1 aliphatic carbocycles. The predicted octanol–water partition coefficient (Wildman–Crippen LogP) is 9.46. The molecule has 0 bridgehead atoms. The number of aryl methyl sites for hydroxylation is 1. The van der Waals surface area contributed by atoms with Crippen molar-refractivity contribution in [1.82, 2.24) is 0 Å². The molecule has 0 heterocycles. The number of carbonyl (C=O) groups excluding carboxylic acids is 1. The fourth-order valence-electron chi connectivity index (χ4n) is 5.50. The van der Waals surface area contributed by atoms with E-state index in [0.29, 0.717) is 5.92 Å². The summed E-state index contributed by atoms with van der Waals surface area (Å²) >= 11 is 0. The molecule has 0 aliphatic heterocycles. The van der Waals surface area contributed by atoms with E-state index < -0.39 is 34.7 Å². The molecule has 0 aromatic heterocycles. The molecule has 0 unspecified atom stereocenters. The summed E-state index contributed by atoms with van der Waals surface area (Å²) in [5.41, 5.74) is -0.256. The number of rotatable bonds is 14. The molecule has 0 radical (unpaired) electrons. The second-order valence-electron chi connectivity index (χ2n) is 10.8. The van der Waals surface area contributed by atoms with Gasteiger partial charge >= 0.3 is 5.97 Å². The van der Waals surface area contributed by atoms with Crippen LogP contribution in [0.5, 0.6) is 5.75 Å². The average molecular weight is 528 g/mol. The van der Waals surface area contributed by atoms with Gasteiger partial charge in [-0.25, -0.2) is 18.0 Å². The maximum atomic E-state index is 14.7. The van der Waals surface area contributed by atoms with E-state index in [0.717, 1.165) is 36.5 Å². The van der Waals surface area contributed by atoms with E-state index in [2.05, 4.69) is 6.92 Å². The second-order valence-corrected chi connectivity index (χ2v) is 10.8. The molecule has 0 spiro atoms. The van der Waals surface area contributed by atoms with Gasteiger partial charge in [-0.3, -0.25) is 0 Å². The summed E-state index contributed by atoms with van der Waals surface area (Å²) in [5.74, 6) is -2.98. The maximum Gasteiger partial charge on any atom is 0.346 e. The van der Waals surface area contributed by atoms with Crippen molar-refractivity contribution in [2.45, 2.75) is 103 Å². The van der Waals surface area contributed by atoms with E-state index in [1.807, 2.05) is 0 Å². The Morgan fingerprint density at radius 3 is 2.00 bits per heavy atom. The SMILES string of the molecule is CCCCCCCCCC[C@H]1CC[C@H](CCc2ccc(C(=O)Oc3cc(F)c(C#N)c(F)c3)c(F)c2)CC1. The largest absolute Gasteiger partial charge is 0.423 e. The van der Waals surface area contributed by atoms with Gasteiger partial charge in [-0.05, 0) is 42.4 Å². The van der Waals surface area contributed by atoms with Crippen LogP contribution in [0.4, 0.5) is 13.2 Å². The van der Waals surface area contributed by atoms with Crippen molar-refractivity contribution in [3.05, 3.63) is 64.5 Å². The Morgan fingerprint density at radius 1 is 0.842 bits per heavy atom. The van der Waals surface area contributed by atoms with E-state index in [4.69, 9.17) is 10.00 Å². The van der Waals surface area contributed by atoms with Gasteiger partial charge in [0.1, 0.15) is 34.8 Å². The first kappa shape index (κ1) is 29.7. The zero-order valence-electron chi connectivity index (χ0n) is 22.5. The van der Waals surface area contributed by atoms with Gasteiger partial charge in [0.2, 0.25) is 0 Å². The molecule has 38 heavy (non-hydrogen) atoms. The number of carbonyl (C=O) groups is 1. The van der Waals surface area contributed by atoms with Gasteiger partial charge in [0.05, 0.1) is 5.56 Å². The highest BCUT2D eigenvalue weighted by atomic mass is 19.1. The minimum atomic E-state index is -1.15. The predicted molar refractivity (Wildman–Crippen MR) is 143 cm³/mol. The van der Waals surface area contributed by atoms with Gasteiger partial charge < -0.3 is 4.74 Å². The number of nitrogens with zero attached hydrogens (tertiary/aromatic N) is 1. The van der Waals surface area contributed by atoms with Gasteiger partial charge in [0, 0.05) is 12.1 Å². The van der Waals surface area contributed by atoms with Crippen molar-refractivity contribution in [1.29, 1.82) is 5.26 Å². The molecule has 3 rings (SSSR count). The third-order valence-electron chi connectivity index (χ3n) is 7.86. The summed E-state index contributed by atoms with van der Waals surface area (Å²) in [5, 5.41) is 8.74. The summed E-state index contributed by atoms with van der Waals surface area (Å²) in [6.07, 6.45) is 19.0. The number of benzene rings is 2. The Bertz CT molecular complexity index is 1060. The normalized spacial score (nSPS) is 17.2. The van der Waals surface area contributed by atoms with Gasteiger partial charge in [-0.1, -0.05) is 96.5 Å². The number of unbranched alkanes of at least 4 members (excludes halogenated alkanes) is 7. The van der Waals surface area contributed by atoms with Crippen LogP contribution in [0.3, 0.4) is 0 Å². The number of nitriles is 1. The van der Waals surface area contributed by atoms with Gasteiger partial charge in [-0.15, -0.1) is 0 Å². The highest BCUT2D eigenvalue weighted by molar-refractivity contribution is 5.91. The summed E-state index contributed by atoms with van der Waals surface area (Å²) in [6.45, 7) is 2.25. The van der Waals surface area contributed by atoms with E-state index in [9.17, 15) is 18.0 Å². The van der Waals surface area contributed by atoms with E-state index in [-0.39, 0.29) is 5.56 Å². The van der Waals surface area contributed by atoms with Gasteiger partial charge in [-0.2, -0.15) is 5.26 Å². The first-order chi connectivity index (χ1) is 18.4. The smallest absolute Gasteiger partial charge is 0.346 e. The van der Waals surface area contributed by atoms with E-state index >= 15 is 0 Å². The summed E-state index contributed by atoms with van der Waals surface area (Å²) in [7, 11) is 0. The fourth-order valence-corrected chi connectivity index (χ4v) is 5.50. The molecule has 1 aliphatic rings. The molecule has 2 aromatic rings. The van der Waals surface area contributed by atoms with Crippen LogP contribution in [0.15, 0.2) is 30.3 Å². The first-order valence-corrected chi connectivity index (χ1v) is 14.3.